The molecule has 1 aliphatic heterocycles. The third-order valence-corrected chi connectivity index (χ3v) is 4.90. The number of likely N-dealkylation sites (tertiary alicyclic amines) is 1. The number of anilines is 1. The summed E-state index contributed by atoms with van der Waals surface area (Å²) in [5, 5.41) is 5.68. The predicted molar refractivity (Wildman–Crippen MR) is 110 cm³/mol. The van der Waals surface area contributed by atoms with Gasteiger partial charge in [-0.3, -0.25) is 4.79 Å². The Hall–Kier alpha value is -3.14. The van der Waals surface area contributed by atoms with Crippen LogP contribution in [-0.2, 0) is 11.3 Å². The SMILES string of the molecule is COCCNC(=O)c1cnc(N(C)C)nc1C1CCN(C(=O)NCc2ccco2)C1. The van der Waals surface area contributed by atoms with Crippen LogP contribution in [0.4, 0.5) is 10.7 Å². The Morgan fingerprint density at radius 2 is 2.20 bits per heavy atom. The summed E-state index contributed by atoms with van der Waals surface area (Å²) in [5.41, 5.74) is 1.09. The number of hydrogen-bond acceptors (Lipinski definition) is 7. The number of ether oxygens (including phenoxy) is 1. The number of carbonyl (C=O) groups is 2. The zero-order chi connectivity index (χ0) is 21.5. The molecule has 3 amide bonds. The van der Waals surface area contributed by atoms with Crippen LogP contribution in [0.3, 0.4) is 0 Å². The second-order valence-electron chi connectivity index (χ2n) is 7.28. The molecule has 1 atom stereocenters. The fourth-order valence-corrected chi connectivity index (χ4v) is 3.30. The van der Waals surface area contributed by atoms with Gasteiger partial charge in [-0.15, -0.1) is 0 Å². The number of nitrogens with zero attached hydrogens (tertiary/aromatic N) is 4. The van der Waals surface area contributed by atoms with Crippen LogP contribution < -0.4 is 15.5 Å². The standard InChI is InChI=1S/C20H28N6O4/c1-25(2)19-22-12-16(18(27)21-7-10-29-3)17(24-19)14-6-8-26(13-14)20(28)23-11-15-5-4-9-30-15/h4-5,9,12,14H,6-8,10-11,13H2,1-3H3,(H,21,27)(H,23,28). The molecule has 10 nitrogen and oxygen atoms in total. The average Bonchev–Trinajstić information content (AvgIpc) is 3.44. The molecule has 0 bridgehead atoms. The van der Waals surface area contributed by atoms with E-state index in [0.29, 0.717) is 55.8 Å². The molecule has 0 aliphatic carbocycles. The monoisotopic (exact) mass is 416 g/mol. The zero-order valence-corrected chi connectivity index (χ0v) is 17.6. The van der Waals surface area contributed by atoms with Gasteiger partial charge in [0, 0.05) is 53.0 Å². The van der Waals surface area contributed by atoms with Crippen LogP contribution in [-0.4, -0.2) is 74.3 Å². The van der Waals surface area contributed by atoms with Crippen molar-refractivity contribution < 1.29 is 18.7 Å². The van der Waals surface area contributed by atoms with Crippen molar-refractivity contribution in [2.75, 3.05) is 52.3 Å². The van der Waals surface area contributed by atoms with E-state index in [2.05, 4.69) is 20.6 Å². The van der Waals surface area contributed by atoms with Gasteiger partial charge in [0.15, 0.2) is 0 Å². The zero-order valence-electron chi connectivity index (χ0n) is 17.6. The molecule has 0 aromatic carbocycles. The van der Waals surface area contributed by atoms with E-state index in [1.54, 1.807) is 35.4 Å². The fraction of sp³-hybridized carbons (Fsp3) is 0.500. The number of aromatic nitrogens is 2. The third-order valence-electron chi connectivity index (χ3n) is 4.90. The van der Waals surface area contributed by atoms with Gasteiger partial charge >= 0.3 is 6.03 Å². The van der Waals surface area contributed by atoms with Gasteiger partial charge in [-0.05, 0) is 18.6 Å². The number of rotatable bonds is 8. The molecule has 0 radical (unpaired) electrons. The van der Waals surface area contributed by atoms with E-state index in [-0.39, 0.29) is 17.9 Å². The lowest BCUT2D eigenvalue weighted by Crippen LogP contribution is -2.38. The maximum Gasteiger partial charge on any atom is 0.317 e. The van der Waals surface area contributed by atoms with Crippen LogP contribution in [0.2, 0.25) is 0 Å². The van der Waals surface area contributed by atoms with E-state index in [1.165, 1.54) is 0 Å². The van der Waals surface area contributed by atoms with Crippen molar-refractivity contribution in [3.63, 3.8) is 0 Å². The van der Waals surface area contributed by atoms with Crippen molar-refractivity contribution in [1.29, 1.82) is 0 Å². The van der Waals surface area contributed by atoms with E-state index >= 15 is 0 Å². The molecule has 162 valence electrons. The number of carbonyl (C=O) groups excluding carboxylic acids is 2. The molecule has 1 saturated heterocycles. The summed E-state index contributed by atoms with van der Waals surface area (Å²) in [5.74, 6) is 0.928. The highest BCUT2D eigenvalue weighted by Gasteiger charge is 2.31. The van der Waals surface area contributed by atoms with Crippen LogP contribution in [0.5, 0.6) is 0 Å². The molecular weight excluding hydrogens is 388 g/mol. The number of furan rings is 1. The predicted octanol–water partition coefficient (Wildman–Crippen LogP) is 1.21. The normalized spacial score (nSPS) is 15.8. The van der Waals surface area contributed by atoms with E-state index in [1.807, 2.05) is 20.2 Å². The van der Waals surface area contributed by atoms with Gasteiger partial charge in [-0.25, -0.2) is 14.8 Å². The summed E-state index contributed by atoms with van der Waals surface area (Å²) in [6, 6.07) is 3.43. The van der Waals surface area contributed by atoms with Gasteiger partial charge in [0.1, 0.15) is 5.76 Å². The van der Waals surface area contributed by atoms with Crippen LogP contribution in [0.1, 0.15) is 34.2 Å². The molecule has 1 unspecified atom stereocenters. The summed E-state index contributed by atoms with van der Waals surface area (Å²) in [7, 11) is 5.28. The molecule has 10 heteroatoms. The van der Waals surface area contributed by atoms with Crippen molar-refractivity contribution in [3.05, 3.63) is 41.6 Å². The van der Waals surface area contributed by atoms with E-state index in [9.17, 15) is 9.59 Å². The molecule has 1 fully saturated rings. The number of urea groups is 1. The highest BCUT2D eigenvalue weighted by molar-refractivity contribution is 5.95. The molecule has 1 aliphatic rings. The Balaban J connectivity index is 1.70. The Kier molecular flexibility index (Phi) is 7.23. The van der Waals surface area contributed by atoms with Crippen molar-refractivity contribution in [1.82, 2.24) is 25.5 Å². The second-order valence-corrected chi connectivity index (χ2v) is 7.28. The highest BCUT2D eigenvalue weighted by atomic mass is 16.5. The minimum atomic E-state index is -0.243. The number of methoxy groups -OCH3 is 1. The smallest absolute Gasteiger partial charge is 0.317 e. The Bertz CT molecular complexity index is 855. The topological polar surface area (TPSA) is 113 Å². The lowest BCUT2D eigenvalue weighted by atomic mass is 10.00. The Labute approximate surface area is 175 Å². The largest absolute Gasteiger partial charge is 0.467 e. The quantitative estimate of drug-likeness (QED) is 0.622. The van der Waals surface area contributed by atoms with Gasteiger partial charge in [-0.1, -0.05) is 0 Å². The number of nitrogens with one attached hydrogen (secondary N) is 2. The van der Waals surface area contributed by atoms with E-state index in [0.717, 1.165) is 6.42 Å². The minimum Gasteiger partial charge on any atom is -0.467 e. The minimum absolute atomic E-state index is 0.0516. The average molecular weight is 416 g/mol. The van der Waals surface area contributed by atoms with E-state index < -0.39 is 0 Å². The van der Waals surface area contributed by atoms with Gasteiger partial charge in [0.2, 0.25) is 5.95 Å². The van der Waals surface area contributed by atoms with Gasteiger partial charge in [-0.2, -0.15) is 0 Å². The molecule has 30 heavy (non-hydrogen) atoms. The lowest BCUT2D eigenvalue weighted by Gasteiger charge is -2.19. The van der Waals surface area contributed by atoms with Crippen molar-refractivity contribution >= 4 is 17.9 Å². The summed E-state index contributed by atoms with van der Waals surface area (Å²) in [6.45, 7) is 2.21. The molecule has 3 rings (SSSR count). The summed E-state index contributed by atoms with van der Waals surface area (Å²) < 4.78 is 10.2. The summed E-state index contributed by atoms with van der Waals surface area (Å²) in [4.78, 5) is 37.6. The molecule has 0 spiro atoms. The van der Waals surface area contributed by atoms with Crippen LogP contribution in [0.15, 0.2) is 29.0 Å². The van der Waals surface area contributed by atoms with Gasteiger partial charge in [0.05, 0.1) is 30.7 Å². The van der Waals surface area contributed by atoms with Crippen LogP contribution in [0.25, 0.3) is 0 Å². The van der Waals surface area contributed by atoms with Gasteiger partial charge in [0.25, 0.3) is 5.91 Å². The van der Waals surface area contributed by atoms with Crippen LogP contribution >= 0.6 is 0 Å². The number of hydrogen-bond donors (Lipinski definition) is 2. The van der Waals surface area contributed by atoms with Crippen molar-refractivity contribution in [2.24, 2.45) is 0 Å². The first kappa shape index (κ1) is 21.6. The fourth-order valence-electron chi connectivity index (χ4n) is 3.30. The van der Waals surface area contributed by atoms with Crippen LogP contribution in [0, 0.1) is 0 Å². The number of amides is 3. The molecule has 3 heterocycles. The van der Waals surface area contributed by atoms with Crippen molar-refractivity contribution in [2.45, 2.75) is 18.9 Å². The molecule has 2 N–H and O–H groups in total. The second kappa shape index (κ2) is 10.1. The maximum atomic E-state index is 12.7. The summed E-state index contributed by atoms with van der Waals surface area (Å²) >= 11 is 0. The van der Waals surface area contributed by atoms with E-state index in [4.69, 9.17) is 9.15 Å². The Morgan fingerprint density at radius 3 is 2.90 bits per heavy atom. The Morgan fingerprint density at radius 1 is 1.37 bits per heavy atom. The third kappa shape index (κ3) is 5.26. The van der Waals surface area contributed by atoms with Crippen molar-refractivity contribution in [3.8, 4) is 0 Å². The first-order chi connectivity index (χ1) is 14.5. The molecule has 0 saturated carbocycles. The molecule has 2 aromatic heterocycles. The lowest BCUT2D eigenvalue weighted by molar-refractivity contribution is 0.0935. The maximum absolute atomic E-state index is 12.7. The molecule has 2 aromatic rings. The summed E-state index contributed by atoms with van der Waals surface area (Å²) in [6.07, 6.45) is 3.85. The molecular formula is C20H28N6O4. The first-order valence-electron chi connectivity index (χ1n) is 9.86. The van der Waals surface area contributed by atoms with Gasteiger partial charge < -0.3 is 29.6 Å². The first-order valence-corrected chi connectivity index (χ1v) is 9.86. The highest BCUT2D eigenvalue weighted by Crippen LogP contribution is 2.29.